The molecule has 0 aliphatic carbocycles. The van der Waals surface area contributed by atoms with E-state index in [2.05, 4.69) is 11.8 Å². The van der Waals surface area contributed by atoms with Gasteiger partial charge in [-0.2, -0.15) is 0 Å². The second-order valence-electron chi connectivity index (χ2n) is 3.89. The molecular formula is C15H18ClFO3. The zero-order valence-corrected chi connectivity index (χ0v) is 12.2. The first kappa shape index (κ1) is 16.8. The van der Waals surface area contributed by atoms with Crippen molar-refractivity contribution in [3.63, 3.8) is 0 Å². The third-order valence-corrected chi connectivity index (χ3v) is 2.49. The second-order valence-corrected chi connectivity index (χ2v) is 4.16. The van der Waals surface area contributed by atoms with Crippen LogP contribution in [-0.4, -0.2) is 39.4 Å². The Morgan fingerprint density at radius 1 is 1.20 bits per heavy atom. The summed E-state index contributed by atoms with van der Waals surface area (Å²) in [4.78, 5) is 0. The predicted molar refractivity (Wildman–Crippen MR) is 76.8 cm³/mol. The van der Waals surface area contributed by atoms with Gasteiger partial charge < -0.3 is 14.2 Å². The zero-order chi connectivity index (χ0) is 14.6. The Balaban J connectivity index is 2.35. The van der Waals surface area contributed by atoms with Crippen LogP contribution < -0.4 is 4.74 Å². The molecule has 0 fully saturated rings. The van der Waals surface area contributed by atoms with Crippen molar-refractivity contribution < 1.29 is 18.6 Å². The van der Waals surface area contributed by atoms with Crippen LogP contribution in [0.4, 0.5) is 4.39 Å². The van der Waals surface area contributed by atoms with Crippen LogP contribution in [0.5, 0.6) is 5.75 Å². The number of methoxy groups -OCH3 is 1. The SMILES string of the molecule is COCCOCCCOc1cc(C#CCCl)ccc1F. The number of hydrogen-bond donors (Lipinski definition) is 0. The van der Waals surface area contributed by atoms with Gasteiger partial charge in [-0.05, 0) is 18.2 Å². The molecule has 1 rings (SSSR count). The van der Waals surface area contributed by atoms with Crippen LogP contribution in [-0.2, 0) is 9.47 Å². The standard InChI is InChI=1S/C15H18ClFO3/c1-18-10-11-19-8-3-9-20-15-12-13(4-2-7-16)5-6-14(15)17/h5-6,12H,3,7-11H2,1H3. The minimum atomic E-state index is -0.401. The third-order valence-electron chi connectivity index (χ3n) is 2.35. The van der Waals surface area contributed by atoms with Crippen molar-refractivity contribution in [2.75, 3.05) is 39.4 Å². The van der Waals surface area contributed by atoms with Crippen molar-refractivity contribution in [3.8, 4) is 17.6 Å². The molecule has 110 valence electrons. The summed E-state index contributed by atoms with van der Waals surface area (Å²) >= 11 is 5.48. The summed E-state index contributed by atoms with van der Waals surface area (Å²) in [5.41, 5.74) is 0.679. The van der Waals surface area contributed by atoms with Crippen molar-refractivity contribution in [2.24, 2.45) is 0 Å². The zero-order valence-electron chi connectivity index (χ0n) is 11.5. The molecule has 0 radical (unpaired) electrons. The molecule has 1 aromatic carbocycles. The number of rotatable bonds is 8. The van der Waals surface area contributed by atoms with Gasteiger partial charge in [0.1, 0.15) is 0 Å². The van der Waals surface area contributed by atoms with Crippen molar-refractivity contribution in [1.82, 2.24) is 0 Å². The molecule has 0 N–H and O–H groups in total. The van der Waals surface area contributed by atoms with E-state index in [1.165, 1.54) is 6.07 Å². The smallest absolute Gasteiger partial charge is 0.165 e. The summed E-state index contributed by atoms with van der Waals surface area (Å²) in [5, 5.41) is 0. The molecule has 20 heavy (non-hydrogen) atoms. The van der Waals surface area contributed by atoms with E-state index in [9.17, 15) is 4.39 Å². The fourth-order valence-electron chi connectivity index (χ4n) is 1.41. The molecule has 3 nitrogen and oxygen atoms in total. The molecule has 0 atom stereocenters. The Morgan fingerprint density at radius 3 is 2.80 bits per heavy atom. The highest BCUT2D eigenvalue weighted by Crippen LogP contribution is 2.18. The van der Waals surface area contributed by atoms with Crippen LogP contribution in [0.1, 0.15) is 12.0 Å². The van der Waals surface area contributed by atoms with Crippen molar-refractivity contribution in [2.45, 2.75) is 6.42 Å². The van der Waals surface area contributed by atoms with Crippen molar-refractivity contribution in [1.29, 1.82) is 0 Å². The van der Waals surface area contributed by atoms with E-state index >= 15 is 0 Å². The van der Waals surface area contributed by atoms with Crippen LogP contribution in [0, 0.1) is 17.7 Å². The van der Waals surface area contributed by atoms with Crippen LogP contribution in [0.15, 0.2) is 18.2 Å². The molecule has 0 saturated carbocycles. The van der Waals surface area contributed by atoms with Gasteiger partial charge in [0.05, 0.1) is 25.7 Å². The first-order valence-electron chi connectivity index (χ1n) is 6.31. The fraction of sp³-hybridized carbons (Fsp3) is 0.467. The summed E-state index contributed by atoms with van der Waals surface area (Å²) in [6.45, 7) is 2.05. The molecule has 0 aliphatic rings. The van der Waals surface area contributed by atoms with Gasteiger partial charge in [-0.1, -0.05) is 11.8 Å². The highest BCUT2D eigenvalue weighted by atomic mass is 35.5. The number of halogens is 2. The first-order valence-corrected chi connectivity index (χ1v) is 6.85. The van der Waals surface area contributed by atoms with Crippen LogP contribution in [0.3, 0.4) is 0 Å². The summed E-state index contributed by atoms with van der Waals surface area (Å²) in [7, 11) is 1.62. The molecule has 0 aliphatic heterocycles. The molecule has 0 heterocycles. The lowest BCUT2D eigenvalue weighted by atomic mass is 10.2. The van der Waals surface area contributed by atoms with Gasteiger partial charge in [0.25, 0.3) is 0 Å². The highest BCUT2D eigenvalue weighted by molar-refractivity contribution is 6.19. The summed E-state index contributed by atoms with van der Waals surface area (Å²) in [5.74, 6) is 5.57. The Labute approximate surface area is 124 Å². The van der Waals surface area contributed by atoms with Crippen LogP contribution >= 0.6 is 11.6 Å². The van der Waals surface area contributed by atoms with Gasteiger partial charge in [-0.3, -0.25) is 0 Å². The predicted octanol–water partition coefficient (Wildman–Crippen LogP) is 2.85. The second kappa shape index (κ2) is 10.5. The first-order chi connectivity index (χ1) is 9.77. The number of ether oxygens (including phenoxy) is 3. The van der Waals surface area contributed by atoms with E-state index in [0.29, 0.717) is 38.4 Å². The van der Waals surface area contributed by atoms with Crippen molar-refractivity contribution >= 4 is 11.6 Å². The van der Waals surface area contributed by atoms with Gasteiger partial charge >= 0.3 is 0 Å². The summed E-state index contributed by atoms with van der Waals surface area (Å²) in [6, 6.07) is 4.50. The molecule has 0 amide bonds. The van der Waals surface area contributed by atoms with E-state index in [-0.39, 0.29) is 11.6 Å². The van der Waals surface area contributed by atoms with Gasteiger partial charge in [-0.25, -0.2) is 4.39 Å². The van der Waals surface area contributed by atoms with E-state index < -0.39 is 5.82 Å². The Kier molecular flexibility index (Phi) is 8.81. The van der Waals surface area contributed by atoms with Crippen molar-refractivity contribution in [3.05, 3.63) is 29.6 Å². The fourth-order valence-corrected chi connectivity index (χ4v) is 1.48. The monoisotopic (exact) mass is 300 g/mol. The lowest BCUT2D eigenvalue weighted by Crippen LogP contribution is -2.07. The molecule has 0 saturated heterocycles. The molecule has 0 unspecified atom stereocenters. The maximum absolute atomic E-state index is 13.5. The largest absolute Gasteiger partial charge is 0.490 e. The average Bonchev–Trinajstić information content (AvgIpc) is 2.46. The summed E-state index contributed by atoms with van der Waals surface area (Å²) < 4.78 is 29.0. The maximum atomic E-state index is 13.5. The molecular weight excluding hydrogens is 283 g/mol. The van der Waals surface area contributed by atoms with Gasteiger partial charge in [0, 0.05) is 25.7 Å². The maximum Gasteiger partial charge on any atom is 0.165 e. The Morgan fingerprint density at radius 2 is 2.05 bits per heavy atom. The van der Waals surface area contributed by atoms with E-state index in [1.807, 2.05) is 0 Å². The van der Waals surface area contributed by atoms with Gasteiger partial charge in [-0.15, -0.1) is 11.6 Å². The Bertz CT molecular complexity index is 454. The minimum absolute atomic E-state index is 0.197. The topological polar surface area (TPSA) is 27.7 Å². The van der Waals surface area contributed by atoms with Crippen LogP contribution in [0.2, 0.25) is 0 Å². The normalized spacial score (nSPS) is 9.95. The number of hydrogen-bond acceptors (Lipinski definition) is 3. The van der Waals surface area contributed by atoms with Gasteiger partial charge in [0.2, 0.25) is 0 Å². The lowest BCUT2D eigenvalue weighted by Gasteiger charge is -2.08. The number of benzene rings is 1. The quantitative estimate of drug-likeness (QED) is 0.420. The van der Waals surface area contributed by atoms with E-state index in [1.54, 1.807) is 19.2 Å². The van der Waals surface area contributed by atoms with Crippen LogP contribution in [0.25, 0.3) is 0 Å². The molecule has 0 spiro atoms. The average molecular weight is 301 g/mol. The Hall–Kier alpha value is -1.28. The number of alkyl halides is 1. The molecule has 5 heteroatoms. The van der Waals surface area contributed by atoms with E-state index in [4.69, 9.17) is 25.8 Å². The van der Waals surface area contributed by atoms with E-state index in [0.717, 1.165) is 0 Å². The highest BCUT2D eigenvalue weighted by Gasteiger charge is 2.03. The van der Waals surface area contributed by atoms with Gasteiger partial charge in [0.15, 0.2) is 11.6 Å². The molecule has 0 bridgehead atoms. The summed E-state index contributed by atoms with van der Waals surface area (Å²) in [6.07, 6.45) is 0.681. The molecule has 0 aromatic heterocycles. The molecule has 1 aromatic rings. The lowest BCUT2D eigenvalue weighted by molar-refractivity contribution is 0.0642. The third kappa shape index (κ3) is 6.76. The minimum Gasteiger partial charge on any atom is -0.490 e.